The van der Waals surface area contributed by atoms with Gasteiger partial charge in [0.15, 0.2) is 0 Å². The molecule has 3 aromatic carbocycles. The smallest absolute Gasteiger partial charge is 0.308 e. The molecule has 0 amide bonds. The molecule has 6 nitrogen and oxygen atoms in total. The first kappa shape index (κ1) is 24.9. The van der Waals surface area contributed by atoms with Crippen LogP contribution in [0.5, 0.6) is 5.75 Å². The Morgan fingerprint density at radius 1 is 1.03 bits per heavy atom. The number of aryl methyl sites for hydroxylation is 1. The lowest BCUT2D eigenvalue weighted by atomic mass is 10.1. The number of sulfone groups is 1. The molecule has 0 saturated heterocycles. The van der Waals surface area contributed by atoms with Gasteiger partial charge in [-0.25, -0.2) is 8.42 Å². The molecule has 8 heteroatoms. The molecular formula is C25H26ClNO5S. The van der Waals surface area contributed by atoms with Crippen molar-refractivity contribution in [2.75, 3.05) is 13.1 Å². The maximum atomic E-state index is 12.8. The minimum absolute atomic E-state index is 0.133. The maximum absolute atomic E-state index is 12.8. The zero-order chi connectivity index (χ0) is 23.8. The fourth-order valence-electron chi connectivity index (χ4n) is 3.31. The Morgan fingerprint density at radius 3 is 2.27 bits per heavy atom. The van der Waals surface area contributed by atoms with Crippen molar-refractivity contribution in [1.82, 2.24) is 5.32 Å². The molecule has 0 unspecified atom stereocenters. The van der Waals surface area contributed by atoms with Gasteiger partial charge in [-0.1, -0.05) is 35.9 Å². The zero-order valence-electron chi connectivity index (χ0n) is 18.2. The number of rotatable bonds is 10. The second-order valence-corrected chi connectivity index (χ2v) is 9.98. The van der Waals surface area contributed by atoms with Gasteiger partial charge in [-0.15, -0.1) is 0 Å². The minimum atomic E-state index is -3.66. The summed E-state index contributed by atoms with van der Waals surface area (Å²) in [6, 6.07) is 19.7. The van der Waals surface area contributed by atoms with E-state index in [1.807, 2.05) is 12.1 Å². The van der Waals surface area contributed by atoms with E-state index in [2.05, 4.69) is 5.32 Å². The molecule has 0 radical (unpaired) electrons. The fraction of sp³-hybridized carbons (Fsp3) is 0.240. The van der Waals surface area contributed by atoms with Crippen molar-refractivity contribution in [2.24, 2.45) is 0 Å². The predicted octanol–water partition coefficient (Wildman–Crippen LogP) is 4.35. The first-order valence-corrected chi connectivity index (χ1v) is 12.4. The molecule has 33 heavy (non-hydrogen) atoms. The lowest BCUT2D eigenvalue weighted by Gasteiger charge is -2.12. The van der Waals surface area contributed by atoms with Crippen LogP contribution in [-0.2, 0) is 21.1 Å². The van der Waals surface area contributed by atoms with Crippen molar-refractivity contribution in [3.8, 4) is 5.75 Å². The number of hydrogen-bond donors (Lipinski definition) is 2. The monoisotopic (exact) mass is 487 g/mol. The molecular weight excluding hydrogens is 462 g/mol. The van der Waals surface area contributed by atoms with Gasteiger partial charge in [-0.3, -0.25) is 4.79 Å². The minimum Gasteiger partial charge on any atom is -0.427 e. The highest BCUT2D eigenvalue weighted by Gasteiger charge is 2.17. The van der Waals surface area contributed by atoms with Crippen molar-refractivity contribution in [1.29, 1.82) is 0 Å². The number of aliphatic hydroxyl groups excluding tert-OH is 1. The largest absolute Gasteiger partial charge is 0.427 e. The van der Waals surface area contributed by atoms with Crippen molar-refractivity contribution in [3.05, 3.63) is 88.9 Å². The number of halogens is 1. The predicted molar refractivity (Wildman–Crippen MR) is 127 cm³/mol. The van der Waals surface area contributed by atoms with Crippen LogP contribution in [0.3, 0.4) is 0 Å². The molecule has 0 spiro atoms. The molecule has 0 aromatic heterocycles. The average Bonchev–Trinajstić information content (AvgIpc) is 2.79. The lowest BCUT2D eigenvalue weighted by molar-refractivity contribution is -0.131. The topological polar surface area (TPSA) is 92.7 Å². The van der Waals surface area contributed by atoms with Crippen molar-refractivity contribution in [2.45, 2.75) is 35.7 Å². The van der Waals surface area contributed by atoms with Crippen LogP contribution in [0.25, 0.3) is 0 Å². The highest BCUT2D eigenvalue weighted by atomic mass is 35.5. The zero-order valence-corrected chi connectivity index (χ0v) is 19.8. The van der Waals surface area contributed by atoms with Gasteiger partial charge in [0.2, 0.25) is 9.84 Å². The molecule has 0 bridgehead atoms. The molecule has 0 fully saturated rings. The van der Waals surface area contributed by atoms with Crippen LogP contribution in [0, 0.1) is 0 Å². The van der Waals surface area contributed by atoms with Gasteiger partial charge in [0.05, 0.1) is 15.9 Å². The van der Waals surface area contributed by atoms with E-state index in [1.165, 1.54) is 31.2 Å². The quantitative estimate of drug-likeness (QED) is 0.251. The Labute approximate surface area is 199 Å². The van der Waals surface area contributed by atoms with Crippen LogP contribution in [0.15, 0.2) is 82.6 Å². The Balaban J connectivity index is 1.49. The Kier molecular flexibility index (Phi) is 8.63. The number of nitrogens with one attached hydrogen (secondary N) is 1. The van der Waals surface area contributed by atoms with Gasteiger partial charge in [-0.05, 0) is 79.0 Å². The van der Waals surface area contributed by atoms with E-state index >= 15 is 0 Å². The first-order chi connectivity index (χ1) is 15.8. The van der Waals surface area contributed by atoms with Crippen LogP contribution in [-0.4, -0.2) is 32.6 Å². The summed E-state index contributed by atoms with van der Waals surface area (Å²) >= 11 is 5.95. The van der Waals surface area contributed by atoms with Gasteiger partial charge >= 0.3 is 5.97 Å². The number of ether oxygens (including phenoxy) is 1. The standard InChI is InChI=1S/C25H26ClNO5S/c1-18(28)32-22-9-13-24(14-10-22)33(30,31)23-11-7-19(8-12-23)4-3-15-27-17-25(29)20-5-2-6-21(26)16-20/h2,5-14,16,25,27,29H,3-4,15,17H2,1H3/t25-/m1/s1. The molecule has 3 rings (SSSR count). The van der Waals surface area contributed by atoms with Gasteiger partial charge < -0.3 is 15.2 Å². The molecule has 0 heterocycles. The Hall–Kier alpha value is -2.71. The number of carbonyl (C=O) groups excluding carboxylic acids is 1. The number of carbonyl (C=O) groups is 1. The van der Waals surface area contributed by atoms with Crippen LogP contribution in [0.2, 0.25) is 5.02 Å². The number of esters is 1. The second-order valence-electron chi connectivity index (χ2n) is 7.59. The van der Waals surface area contributed by atoms with Crippen molar-refractivity contribution in [3.63, 3.8) is 0 Å². The molecule has 0 aliphatic carbocycles. The van der Waals surface area contributed by atoms with Crippen molar-refractivity contribution < 1.29 is 23.1 Å². The average molecular weight is 488 g/mol. The third-order valence-electron chi connectivity index (χ3n) is 5.02. The van der Waals surface area contributed by atoms with Gasteiger partial charge in [0.1, 0.15) is 5.75 Å². The van der Waals surface area contributed by atoms with Gasteiger partial charge in [0, 0.05) is 18.5 Å². The van der Waals surface area contributed by atoms with E-state index in [-0.39, 0.29) is 9.79 Å². The molecule has 3 aromatic rings. The van der Waals surface area contributed by atoms with E-state index < -0.39 is 21.9 Å². The van der Waals surface area contributed by atoms with Gasteiger partial charge in [-0.2, -0.15) is 0 Å². The summed E-state index contributed by atoms with van der Waals surface area (Å²) in [5.74, 6) is -0.167. The second kappa shape index (κ2) is 11.4. The number of benzene rings is 3. The van der Waals surface area contributed by atoms with Crippen molar-refractivity contribution >= 4 is 27.4 Å². The normalized spacial score (nSPS) is 12.3. The summed E-state index contributed by atoms with van der Waals surface area (Å²) < 4.78 is 30.6. The van der Waals surface area contributed by atoms with E-state index in [0.29, 0.717) is 23.9 Å². The molecule has 2 N–H and O–H groups in total. The maximum Gasteiger partial charge on any atom is 0.308 e. The Bertz CT molecular complexity index is 1180. The summed E-state index contributed by atoms with van der Waals surface area (Å²) in [6.45, 7) is 2.42. The van der Waals surface area contributed by atoms with E-state index in [1.54, 1.807) is 36.4 Å². The Morgan fingerprint density at radius 2 is 1.67 bits per heavy atom. The number of hydrogen-bond acceptors (Lipinski definition) is 6. The van der Waals surface area contributed by atoms with Gasteiger partial charge in [0.25, 0.3) is 0 Å². The SMILES string of the molecule is CC(=O)Oc1ccc(S(=O)(=O)c2ccc(CCCNC[C@@H](O)c3cccc(Cl)c3)cc2)cc1. The lowest BCUT2D eigenvalue weighted by Crippen LogP contribution is -2.22. The first-order valence-electron chi connectivity index (χ1n) is 10.5. The summed E-state index contributed by atoms with van der Waals surface area (Å²) in [7, 11) is -3.66. The molecule has 0 aliphatic heterocycles. The summed E-state index contributed by atoms with van der Waals surface area (Å²) in [5.41, 5.74) is 1.80. The highest BCUT2D eigenvalue weighted by Crippen LogP contribution is 2.24. The molecule has 0 aliphatic rings. The molecule has 174 valence electrons. The van der Waals surface area contributed by atoms with Crippen LogP contribution >= 0.6 is 11.6 Å². The summed E-state index contributed by atoms with van der Waals surface area (Å²) in [6.07, 6.45) is 0.986. The van der Waals surface area contributed by atoms with E-state index in [9.17, 15) is 18.3 Å². The molecule has 1 atom stereocenters. The summed E-state index contributed by atoms with van der Waals surface area (Å²) in [5, 5.41) is 14.0. The molecule has 0 saturated carbocycles. The highest BCUT2D eigenvalue weighted by molar-refractivity contribution is 7.91. The van der Waals surface area contributed by atoms with Crippen LogP contribution in [0.4, 0.5) is 0 Å². The fourth-order valence-corrected chi connectivity index (χ4v) is 4.77. The number of aliphatic hydroxyl groups is 1. The van der Waals surface area contributed by atoms with Crippen LogP contribution < -0.4 is 10.1 Å². The van der Waals surface area contributed by atoms with E-state index in [4.69, 9.17) is 16.3 Å². The third-order valence-corrected chi connectivity index (χ3v) is 7.04. The third kappa shape index (κ3) is 7.14. The summed E-state index contributed by atoms with van der Waals surface area (Å²) in [4.78, 5) is 11.3. The van der Waals surface area contributed by atoms with E-state index in [0.717, 1.165) is 24.0 Å². The van der Waals surface area contributed by atoms with Crippen LogP contribution in [0.1, 0.15) is 30.6 Å².